The molecule has 0 spiro atoms. The van der Waals surface area contributed by atoms with E-state index in [9.17, 15) is 24.0 Å². The summed E-state index contributed by atoms with van der Waals surface area (Å²) in [6.45, 7) is 4.52. The van der Waals surface area contributed by atoms with Gasteiger partial charge in [-0.25, -0.2) is 9.59 Å². The topological polar surface area (TPSA) is 161 Å². The van der Waals surface area contributed by atoms with Gasteiger partial charge in [0.1, 0.15) is 30.5 Å². The van der Waals surface area contributed by atoms with Gasteiger partial charge < -0.3 is 35.5 Å². The van der Waals surface area contributed by atoms with E-state index in [0.717, 1.165) is 16.9 Å². The normalized spacial score (nSPS) is 21.3. The number of nitrogens with one attached hydrogen (secondary N) is 4. The number of carbonyl (C=O) groups excluding carboxylic acids is 5. The van der Waals surface area contributed by atoms with Crippen LogP contribution in [0.5, 0.6) is 5.75 Å². The van der Waals surface area contributed by atoms with Crippen LogP contribution in [0.1, 0.15) is 44.7 Å². The number of carbonyl (C=O) groups is 5. The minimum atomic E-state index is -1.27. The van der Waals surface area contributed by atoms with E-state index in [2.05, 4.69) is 21.3 Å². The fourth-order valence-electron chi connectivity index (χ4n) is 4.36. The van der Waals surface area contributed by atoms with Crippen molar-refractivity contribution in [3.63, 3.8) is 0 Å². The Morgan fingerprint density at radius 1 is 0.884 bits per heavy atom. The number of rotatable bonds is 10. The molecule has 1 aliphatic heterocycles. The average Bonchev–Trinajstić information content (AvgIpc) is 3.00. The molecule has 1 fully saturated rings. The first kappa shape index (κ1) is 32.9. The zero-order valence-electron chi connectivity index (χ0n) is 24.9. The first-order chi connectivity index (χ1) is 20.6. The van der Waals surface area contributed by atoms with Crippen LogP contribution in [0, 0.1) is 5.92 Å². The van der Waals surface area contributed by atoms with Crippen LogP contribution >= 0.6 is 0 Å². The van der Waals surface area contributed by atoms with Crippen LogP contribution in [-0.4, -0.2) is 67.7 Å². The van der Waals surface area contributed by atoms with Crippen molar-refractivity contribution in [2.75, 3.05) is 13.7 Å². The molecule has 3 rings (SSSR count). The standard InChI is InChI=1S/C31H40N4O8/c1-19(2)26-29(38)34-24(12-8-11-21-13-15-23(41-4)16-14-21)27(36)35-25(28(37)33-20(3)30(39)43-26)17-32-31(40)42-18-22-9-6-5-7-10-22/h5-7,9-10,13-16,19-20,24-26H,8,11-12,17-18H2,1-4H3,(H,32,40)(H,33,37)(H,34,38)(H,35,36)/t20-,24-,25+,26-/m0/s1. The second-order valence-corrected chi connectivity index (χ2v) is 10.6. The molecule has 2 aromatic carbocycles. The highest BCUT2D eigenvalue weighted by Crippen LogP contribution is 2.15. The molecule has 0 unspecified atom stereocenters. The molecule has 1 heterocycles. The van der Waals surface area contributed by atoms with Gasteiger partial charge in [-0.15, -0.1) is 0 Å². The summed E-state index contributed by atoms with van der Waals surface area (Å²) < 4.78 is 15.8. The van der Waals surface area contributed by atoms with Gasteiger partial charge in [0.05, 0.1) is 13.7 Å². The second-order valence-electron chi connectivity index (χ2n) is 10.6. The third-order valence-electron chi connectivity index (χ3n) is 6.87. The quantitative estimate of drug-likeness (QED) is 0.303. The second kappa shape index (κ2) is 16.1. The number of benzene rings is 2. The maximum atomic E-state index is 13.5. The van der Waals surface area contributed by atoms with Crippen LogP contribution in [0.3, 0.4) is 0 Å². The molecular formula is C31H40N4O8. The number of ether oxygens (including phenoxy) is 3. The van der Waals surface area contributed by atoms with Crippen molar-refractivity contribution in [3.8, 4) is 5.75 Å². The predicted octanol–water partition coefficient (Wildman–Crippen LogP) is 2.00. The number of esters is 1. The molecule has 4 atom stereocenters. The molecule has 1 aliphatic rings. The van der Waals surface area contributed by atoms with Gasteiger partial charge in [-0.3, -0.25) is 14.4 Å². The first-order valence-electron chi connectivity index (χ1n) is 14.3. The van der Waals surface area contributed by atoms with Gasteiger partial charge in [0, 0.05) is 0 Å². The van der Waals surface area contributed by atoms with Gasteiger partial charge in [-0.2, -0.15) is 0 Å². The molecule has 1 saturated heterocycles. The summed E-state index contributed by atoms with van der Waals surface area (Å²) in [4.78, 5) is 64.9. The summed E-state index contributed by atoms with van der Waals surface area (Å²) in [6.07, 6.45) is -0.592. The Labute approximate surface area is 251 Å². The summed E-state index contributed by atoms with van der Waals surface area (Å²) in [6, 6.07) is 13.1. The third kappa shape index (κ3) is 10.3. The van der Waals surface area contributed by atoms with Gasteiger partial charge >= 0.3 is 12.1 Å². The van der Waals surface area contributed by atoms with E-state index in [-0.39, 0.29) is 19.6 Å². The smallest absolute Gasteiger partial charge is 0.407 e. The van der Waals surface area contributed by atoms with Crippen LogP contribution in [-0.2, 0) is 41.7 Å². The van der Waals surface area contributed by atoms with E-state index in [0.29, 0.717) is 12.8 Å². The Kier molecular flexibility index (Phi) is 12.3. The minimum absolute atomic E-state index is 0.0120. The van der Waals surface area contributed by atoms with Crippen molar-refractivity contribution in [1.29, 1.82) is 0 Å². The lowest BCUT2D eigenvalue weighted by atomic mass is 10.0. The summed E-state index contributed by atoms with van der Waals surface area (Å²) in [5, 5.41) is 10.3. The van der Waals surface area contributed by atoms with Gasteiger partial charge in [0.15, 0.2) is 6.10 Å². The van der Waals surface area contributed by atoms with Crippen LogP contribution in [0.25, 0.3) is 0 Å². The summed E-state index contributed by atoms with van der Waals surface area (Å²) in [5.41, 5.74) is 1.79. The fourth-order valence-corrected chi connectivity index (χ4v) is 4.36. The molecule has 0 aromatic heterocycles. The molecule has 2 aromatic rings. The predicted molar refractivity (Wildman–Crippen MR) is 157 cm³/mol. The third-order valence-corrected chi connectivity index (χ3v) is 6.87. The largest absolute Gasteiger partial charge is 0.497 e. The van der Waals surface area contributed by atoms with Crippen molar-refractivity contribution >= 4 is 29.8 Å². The summed E-state index contributed by atoms with van der Waals surface area (Å²) >= 11 is 0. The van der Waals surface area contributed by atoms with Crippen LogP contribution < -0.4 is 26.0 Å². The maximum absolute atomic E-state index is 13.5. The average molecular weight is 597 g/mol. The van der Waals surface area contributed by atoms with E-state index in [4.69, 9.17) is 14.2 Å². The van der Waals surface area contributed by atoms with Crippen LogP contribution in [0.15, 0.2) is 54.6 Å². The molecule has 0 saturated carbocycles. The molecule has 4 amide bonds. The van der Waals surface area contributed by atoms with Crippen LogP contribution in [0.2, 0.25) is 0 Å². The molecule has 0 bridgehead atoms. The molecule has 0 aliphatic carbocycles. The lowest BCUT2D eigenvalue weighted by Gasteiger charge is -2.29. The highest BCUT2D eigenvalue weighted by Gasteiger charge is 2.35. The monoisotopic (exact) mass is 596 g/mol. The summed E-state index contributed by atoms with van der Waals surface area (Å²) in [7, 11) is 1.58. The zero-order chi connectivity index (χ0) is 31.4. The molecular weight excluding hydrogens is 556 g/mol. The fraction of sp³-hybridized carbons (Fsp3) is 0.452. The zero-order valence-corrected chi connectivity index (χ0v) is 24.9. The Bertz CT molecular complexity index is 1250. The van der Waals surface area contributed by atoms with Gasteiger partial charge in [-0.05, 0) is 55.4 Å². The van der Waals surface area contributed by atoms with Crippen molar-refractivity contribution in [2.24, 2.45) is 5.92 Å². The van der Waals surface area contributed by atoms with E-state index in [1.54, 1.807) is 33.1 Å². The van der Waals surface area contributed by atoms with E-state index in [1.807, 2.05) is 42.5 Å². The number of methoxy groups -OCH3 is 1. The molecule has 232 valence electrons. The maximum Gasteiger partial charge on any atom is 0.407 e. The number of hydrogen-bond acceptors (Lipinski definition) is 8. The van der Waals surface area contributed by atoms with E-state index >= 15 is 0 Å². The number of cyclic esters (lactones) is 1. The lowest BCUT2D eigenvalue weighted by Crippen LogP contribution is -2.60. The molecule has 4 N–H and O–H groups in total. The minimum Gasteiger partial charge on any atom is -0.497 e. The van der Waals surface area contributed by atoms with Crippen LogP contribution in [0.4, 0.5) is 4.79 Å². The lowest BCUT2D eigenvalue weighted by molar-refractivity contribution is -0.161. The highest BCUT2D eigenvalue weighted by molar-refractivity contribution is 5.95. The molecule has 43 heavy (non-hydrogen) atoms. The summed E-state index contributed by atoms with van der Waals surface area (Å²) in [5.74, 6) is -2.43. The van der Waals surface area contributed by atoms with Gasteiger partial charge in [0.2, 0.25) is 11.8 Å². The molecule has 12 nitrogen and oxygen atoms in total. The molecule has 0 radical (unpaired) electrons. The number of amides is 4. The van der Waals surface area contributed by atoms with E-state index in [1.165, 1.54) is 6.92 Å². The van der Waals surface area contributed by atoms with Crippen molar-refractivity contribution < 1.29 is 38.2 Å². The van der Waals surface area contributed by atoms with E-state index < -0.39 is 59.9 Å². The Hall–Kier alpha value is -4.61. The Morgan fingerprint density at radius 3 is 2.19 bits per heavy atom. The van der Waals surface area contributed by atoms with Crippen molar-refractivity contribution in [3.05, 3.63) is 65.7 Å². The van der Waals surface area contributed by atoms with Crippen molar-refractivity contribution in [1.82, 2.24) is 21.3 Å². The highest BCUT2D eigenvalue weighted by atomic mass is 16.6. The number of aryl methyl sites for hydroxylation is 1. The Morgan fingerprint density at radius 2 is 1.53 bits per heavy atom. The Balaban J connectivity index is 1.73. The SMILES string of the molecule is COc1ccc(CCC[C@@H]2NC(=O)[C@H](C(C)C)OC(=O)[C@H](C)NC(=O)[C@@H](CNC(=O)OCc3ccccc3)NC2=O)cc1. The number of hydrogen-bond donors (Lipinski definition) is 4. The first-order valence-corrected chi connectivity index (χ1v) is 14.3. The van der Waals surface area contributed by atoms with Crippen molar-refractivity contribution in [2.45, 2.75) is 70.9 Å². The molecule has 12 heteroatoms. The number of alkyl carbamates (subject to hydrolysis) is 1. The van der Waals surface area contributed by atoms with Gasteiger partial charge in [-0.1, -0.05) is 56.3 Å². The van der Waals surface area contributed by atoms with Gasteiger partial charge in [0.25, 0.3) is 5.91 Å².